The van der Waals surface area contributed by atoms with Crippen LogP contribution in [0.2, 0.25) is 10.0 Å². The first-order chi connectivity index (χ1) is 13.9. The summed E-state index contributed by atoms with van der Waals surface area (Å²) in [6.45, 7) is 2.08. The monoisotopic (exact) mass is 452 g/mol. The zero-order valence-electron chi connectivity index (χ0n) is 15.7. The number of anilines is 1. The second-order valence-electron chi connectivity index (χ2n) is 5.95. The van der Waals surface area contributed by atoms with Gasteiger partial charge in [0.15, 0.2) is 5.82 Å². The van der Waals surface area contributed by atoms with Gasteiger partial charge in [0, 0.05) is 16.1 Å². The van der Waals surface area contributed by atoms with Crippen LogP contribution in [0.5, 0.6) is 11.5 Å². The van der Waals surface area contributed by atoms with Gasteiger partial charge in [-0.15, -0.1) is 5.10 Å². The second-order valence-corrected chi connectivity index (χ2v) is 7.73. The average molecular weight is 453 g/mol. The van der Waals surface area contributed by atoms with Crippen molar-refractivity contribution >= 4 is 46.6 Å². The highest BCUT2D eigenvalue weighted by Crippen LogP contribution is 2.31. The third-order valence-electron chi connectivity index (χ3n) is 3.79. The molecule has 0 aliphatic heterocycles. The Balaban J connectivity index is 1.51. The van der Waals surface area contributed by atoms with E-state index in [1.807, 2.05) is 6.92 Å². The molecule has 3 rings (SSSR count). The van der Waals surface area contributed by atoms with Crippen molar-refractivity contribution in [3.63, 3.8) is 0 Å². The quantitative estimate of drug-likeness (QED) is 0.479. The fraction of sp³-hybridized carbons (Fsp3) is 0.211. The Labute approximate surface area is 182 Å². The van der Waals surface area contributed by atoms with Crippen LogP contribution in [0, 0.1) is 6.92 Å². The van der Waals surface area contributed by atoms with Crippen LogP contribution in [-0.2, 0) is 11.4 Å². The van der Waals surface area contributed by atoms with E-state index in [0.717, 1.165) is 5.56 Å². The summed E-state index contributed by atoms with van der Waals surface area (Å²) >= 11 is 13.1. The molecule has 10 heteroatoms. The summed E-state index contributed by atoms with van der Waals surface area (Å²) in [5, 5.41) is 11.4. The molecule has 7 nitrogen and oxygen atoms in total. The number of aryl methyl sites for hydroxylation is 1. The van der Waals surface area contributed by atoms with E-state index in [2.05, 4.69) is 20.5 Å². The van der Waals surface area contributed by atoms with Gasteiger partial charge in [-0.2, -0.15) is 0 Å². The van der Waals surface area contributed by atoms with Gasteiger partial charge in [-0.25, -0.2) is 4.98 Å². The summed E-state index contributed by atoms with van der Waals surface area (Å²) in [6.07, 6.45) is 0. The van der Waals surface area contributed by atoms with E-state index >= 15 is 0 Å². The number of halogens is 2. The van der Waals surface area contributed by atoms with E-state index in [9.17, 15) is 4.79 Å². The van der Waals surface area contributed by atoms with Crippen LogP contribution in [0.25, 0.3) is 0 Å². The van der Waals surface area contributed by atoms with E-state index in [4.69, 9.17) is 32.7 Å². The molecular weight excluding hydrogens is 435 g/mol. The summed E-state index contributed by atoms with van der Waals surface area (Å²) in [4.78, 5) is 16.6. The molecule has 2 N–H and O–H groups in total. The Hall–Kier alpha value is -2.42. The van der Waals surface area contributed by atoms with Gasteiger partial charge in [-0.05, 0) is 42.8 Å². The number of aromatic amines is 1. The predicted octanol–water partition coefficient (Wildman–Crippen LogP) is 4.74. The number of rotatable bonds is 8. The maximum Gasteiger partial charge on any atom is 0.234 e. The van der Waals surface area contributed by atoms with Crippen LogP contribution in [0.15, 0.2) is 41.6 Å². The lowest BCUT2D eigenvalue weighted by atomic mass is 10.2. The van der Waals surface area contributed by atoms with Crippen molar-refractivity contribution in [2.24, 2.45) is 0 Å². The molecule has 0 saturated carbocycles. The molecule has 0 bridgehead atoms. The standard InChI is InChI=1S/C19H18Cl2N4O3S/c1-11-7-15(16(27-2)8-14(11)21)22-18(26)10-29-19-23-17(24-25-19)9-28-13-5-3-12(20)4-6-13/h3-8H,9-10H2,1-2H3,(H,22,26)(H,23,24,25). The molecule has 0 aliphatic rings. The third-order valence-corrected chi connectivity index (χ3v) is 5.29. The van der Waals surface area contributed by atoms with Crippen LogP contribution < -0.4 is 14.8 Å². The average Bonchev–Trinajstić information content (AvgIpc) is 3.16. The minimum atomic E-state index is -0.209. The van der Waals surface area contributed by atoms with Crippen LogP contribution in [0.3, 0.4) is 0 Å². The smallest absolute Gasteiger partial charge is 0.234 e. The Morgan fingerprint density at radius 3 is 2.72 bits per heavy atom. The molecule has 29 heavy (non-hydrogen) atoms. The number of nitrogens with one attached hydrogen (secondary N) is 2. The number of benzene rings is 2. The van der Waals surface area contributed by atoms with E-state index in [1.54, 1.807) is 36.4 Å². The van der Waals surface area contributed by atoms with E-state index in [-0.39, 0.29) is 18.3 Å². The van der Waals surface area contributed by atoms with Gasteiger partial charge in [0.1, 0.15) is 18.1 Å². The molecule has 0 radical (unpaired) electrons. The molecule has 0 spiro atoms. The number of H-pyrrole nitrogens is 1. The number of nitrogens with zero attached hydrogens (tertiary/aromatic N) is 2. The van der Waals surface area contributed by atoms with Gasteiger partial charge in [0.25, 0.3) is 0 Å². The van der Waals surface area contributed by atoms with Gasteiger partial charge in [0.2, 0.25) is 11.1 Å². The van der Waals surface area contributed by atoms with Crippen LogP contribution in [0.1, 0.15) is 11.4 Å². The van der Waals surface area contributed by atoms with Gasteiger partial charge < -0.3 is 14.8 Å². The van der Waals surface area contributed by atoms with Gasteiger partial charge >= 0.3 is 0 Å². The molecule has 0 aliphatic carbocycles. The number of amides is 1. The number of carbonyl (C=O) groups is 1. The predicted molar refractivity (Wildman–Crippen MR) is 114 cm³/mol. The number of carbonyl (C=O) groups excluding carboxylic acids is 1. The number of thioether (sulfide) groups is 1. The minimum absolute atomic E-state index is 0.139. The van der Waals surface area contributed by atoms with Crippen LogP contribution in [-0.4, -0.2) is 34.0 Å². The van der Waals surface area contributed by atoms with Gasteiger partial charge in [-0.3, -0.25) is 9.89 Å². The van der Waals surface area contributed by atoms with Crippen LogP contribution >= 0.6 is 35.0 Å². The Morgan fingerprint density at radius 1 is 1.24 bits per heavy atom. The first kappa shape index (κ1) is 21.3. The maximum absolute atomic E-state index is 12.3. The Kier molecular flexibility index (Phi) is 7.24. The molecular formula is C19H18Cl2N4O3S. The summed E-state index contributed by atoms with van der Waals surface area (Å²) in [7, 11) is 1.52. The molecule has 152 valence electrons. The molecule has 3 aromatic rings. The highest BCUT2D eigenvalue weighted by molar-refractivity contribution is 7.99. The number of aromatic nitrogens is 3. The molecule has 1 aromatic heterocycles. The molecule has 0 unspecified atom stereocenters. The topological polar surface area (TPSA) is 89.1 Å². The van der Waals surface area contributed by atoms with Gasteiger partial charge in [-0.1, -0.05) is 35.0 Å². The first-order valence-electron chi connectivity index (χ1n) is 8.51. The molecule has 0 saturated heterocycles. The second kappa shape index (κ2) is 9.87. The van der Waals surface area contributed by atoms with Crippen molar-refractivity contribution in [2.75, 3.05) is 18.2 Å². The first-order valence-corrected chi connectivity index (χ1v) is 10.2. The lowest BCUT2D eigenvalue weighted by Gasteiger charge is -2.11. The van der Waals surface area contributed by atoms with Crippen molar-refractivity contribution in [1.29, 1.82) is 0 Å². The summed E-state index contributed by atoms with van der Waals surface area (Å²) in [5.74, 6) is 1.65. The number of ether oxygens (including phenoxy) is 2. The maximum atomic E-state index is 12.3. The normalized spacial score (nSPS) is 10.6. The Morgan fingerprint density at radius 2 is 2.00 bits per heavy atom. The highest BCUT2D eigenvalue weighted by Gasteiger charge is 2.12. The summed E-state index contributed by atoms with van der Waals surface area (Å²) < 4.78 is 10.9. The molecule has 0 atom stereocenters. The highest BCUT2D eigenvalue weighted by atomic mass is 35.5. The third kappa shape index (κ3) is 6.03. The molecule has 1 heterocycles. The zero-order chi connectivity index (χ0) is 20.8. The lowest BCUT2D eigenvalue weighted by Crippen LogP contribution is -2.15. The van der Waals surface area contributed by atoms with E-state index < -0.39 is 0 Å². The van der Waals surface area contributed by atoms with E-state index in [1.165, 1.54) is 18.9 Å². The molecule has 0 fully saturated rings. The van der Waals surface area contributed by atoms with Crippen molar-refractivity contribution in [2.45, 2.75) is 18.7 Å². The SMILES string of the molecule is COc1cc(Cl)c(C)cc1NC(=O)CSc1n[nH]c(COc2ccc(Cl)cc2)n1. The van der Waals surface area contributed by atoms with Crippen molar-refractivity contribution in [1.82, 2.24) is 15.2 Å². The fourth-order valence-corrected chi connectivity index (χ4v) is 3.23. The number of hydrogen-bond donors (Lipinski definition) is 2. The van der Waals surface area contributed by atoms with Crippen molar-refractivity contribution < 1.29 is 14.3 Å². The zero-order valence-corrected chi connectivity index (χ0v) is 18.0. The minimum Gasteiger partial charge on any atom is -0.495 e. The lowest BCUT2D eigenvalue weighted by molar-refractivity contribution is -0.113. The number of hydrogen-bond acceptors (Lipinski definition) is 6. The summed E-state index contributed by atoms with van der Waals surface area (Å²) in [5.41, 5.74) is 1.40. The Bertz CT molecular complexity index is 996. The fourth-order valence-electron chi connectivity index (χ4n) is 2.34. The summed E-state index contributed by atoms with van der Waals surface area (Å²) in [6, 6.07) is 10.5. The van der Waals surface area contributed by atoms with Crippen LogP contribution in [0.4, 0.5) is 5.69 Å². The van der Waals surface area contributed by atoms with Crippen molar-refractivity contribution in [3.8, 4) is 11.5 Å². The number of methoxy groups -OCH3 is 1. The largest absolute Gasteiger partial charge is 0.495 e. The molecule has 1 amide bonds. The van der Waals surface area contributed by atoms with E-state index in [0.29, 0.717) is 38.2 Å². The van der Waals surface area contributed by atoms with Crippen molar-refractivity contribution in [3.05, 3.63) is 57.8 Å². The van der Waals surface area contributed by atoms with Gasteiger partial charge in [0.05, 0.1) is 18.6 Å². The molecule has 2 aromatic carbocycles.